The third kappa shape index (κ3) is 5.32. The Morgan fingerprint density at radius 1 is 1.48 bits per heavy atom. The van der Waals surface area contributed by atoms with E-state index < -0.39 is 0 Å². The molecule has 8 heteroatoms. The maximum atomic E-state index is 4.78. The van der Waals surface area contributed by atoms with Crippen LogP contribution in [0.1, 0.15) is 44.0 Å². The monoisotopic (exact) mass is 506 g/mol. The van der Waals surface area contributed by atoms with Crippen molar-refractivity contribution in [2.75, 3.05) is 39.2 Å². The summed E-state index contributed by atoms with van der Waals surface area (Å²) in [5.74, 6) is 3.35. The van der Waals surface area contributed by atoms with Crippen LogP contribution in [0, 0.1) is 0 Å². The van der Waals surface area contributed by atoms with Crippen molar-refractivity contribution in [2.45, 2.75) is 57.2 Å². The van der Waals surface area contributed by atoms with Gasteiger partial charge in [-0.1, -0.05) is 0 Å². The highest BCUT2D eigenvalue weighted by Gasteiger charge is 2.36. The highest BCUT2D eigenvalue weighted by atomic mass is 127. The predicted molar refractivity (Wildman–Crippen MR) is 127 cm³/mol. The highest BCUT2D eigenvalue weighted by Crippen LogP contribution is 2.31. The van der Waals surface area contributed by atoms with E-state index in [2.05, 4.69) is 59.3 Å². The summed E-state index contributed by atoms with van der Waals surface area (Å²) < 4.78 is 2.10. The molecular weight excluding hydrogens is 471 g/mol. The second kappa shape index (κ2) is 9.82. The number of fused-ring (bicyclic) bond motifs is 1. The summed E-state index contributed by atoms with van der Waals surface area (Å²) in [6.45, 7) is 5.30. The number of nitrogens with one attached hydrogen (secondary N) is 2. The van der Waals surface area contributed by atoms with Crippen molar-refractivity contribution in [1.82, 2.24) is 25.3 Å². The number of rotatable bonds is 5. The molecule has 2 N–H and O–H groups in total. The number of aromatic nitrogens is 2. The van der Waals surface area contributed by atoms with Crippen LogP contribution in [0.15, 0.2) is 11.2 Å². The lowest BCUT2D eigenvalue weighted by Gasteiger charge is -2.36. The van der Waals surface area contributed by atoms with Crippen LogP contribution in [0.3, 0.4) is 0 Å². The normalized spacial score (nSPS) is 25.4. The Morgan fingerprint density at radius 3 is 2.85 bits per heavy atom. The van der Waals surface area contributed by atoms with Crippen LogP contribution in [0.2, 0.25) is 0 Å². The van der Waals surface area contributed by atoms with Gasteiger partial charge in [0, 0.05) is 49.6 Å². The fraction of sp³-hybridized carbons (Fsp3) is 0.789. The van der Waals surface area contributed by atoms with Crippen LogP contribution < -0.4 is 10.6 Å². The molecule has 0 spiro atoms. The van der Waals surface area contributed by atoms with Crippen LogP contribution in [-0.4, -0.2) is 71.4 Å². The van der Waals surface area contributed by atoms with Crippen LogP contribution in [0.25, 0.3) is 0 Å². The van der Waals surface area contributed by atoms with E-state index in [4.69, 9.17) is 5.10 Å². The molecule has 0 amide bonds. The molecule has 0 radical (unpaired) electrons. The zero-order valence-corrected chi connectivity index (χ0v) is 20.4. The predicted octanol–water partition coefficient (Wildman–Crippen LogP) is 2.54. The van der Waals surface area contributed by atoms with Gasteiger partial charge in [0.2, 0.25) is 0 Å². The smallest absolute Gasteiger partial charge is 0.191 e. The molecule has 154 valence electrons. The average Bonchev–Trinajstić information content (AvgIpc) is 3.25. The molecule has 1 aromatic heterocycles. The van der Waals surface area contributed by atoms with Crippen molar-refractivity contribution in [3.05, 3.63) is 17.5 Å². The van der Waals surface area contributed by atoms with Crippen LogP contribution >= 0.6 is 35.7 Å². The fourth-order valence-corrected chi connectivity index (χ4v) is 5.34. The molecule has 0 saturated carbocycles. The summed E-state index contributed by atoms with van der Waals surface area (Å²) in [7, 11) is 6.25. The molecule has 1 aromatic rings. The van der Waals surface area contributed by atoms with Crippen molar-refractivity contribution >= 4 is 41.7 Å². The van der Waals surface area contributed by atoms with Crippen molar-refractivity contribution in [2.24, 2.45) is 4.99 Å². The molecule has 1 aliphatic carbocycles. The first-order chi connectivity index (χ1) is 12.4. The molecule has 2 aliphatic rings. The number of nitrogens with zero attached hydrogens (tertiary/aromatic N) is 4. The fourth-order valence-electron chi connectivity index (χ4n) is 3.78. The Hall–Kier alpha value is -0.480. The molecule has 1 saturated heterocycles. The summed E-state index contributed by atoms with van der Waals surface area (Å²) in [4.78, 5) is 6.84. The van der Waals surface area contributed by atoms with Crippen molar-refractivity contribution in [3.63, 3.8) is 0 Å². The van der Waals surface area contributed by atoms with Gasteiger partial charge >= 0.3 is 0 Å². The third-order valence-electron chi connectivity index (χ3n) is 5.81. The van der Waals surface area contributed by atoms with Gasteiger partial charge in [0.05, 0.1) is 5.69 Å². The maximum Gasteiger partial charge on any atom is 0.191 e. The Morgan fingerprint density at radius 2 is 2.26 bits per heavy atom. The van der Waals surface area contributed by atoms with E-state index in [9.17, 15) is 0 Å². The number of halogens is 1. The van der Waals surface area contributed by atoms with E-state index in [0.717, 1.165) is 31.8 Å². The molecule has 2 heterocycles. The van der Waals surface area contributed by atoms with Gasteiger partial charge in [-0.15, -0.1) is 24.0 Å². The van der Waals surface area contributed by atoms with Crippen molar-refractivity contribution in [3.8, 4) is 0 Å². The SMILES string of the molecule is CN=C(NCC1(N(C)C)CCSC1)NC1CCc2cn(C(C)C)nc2C1.I. The average molecular weight is 507 g/mol. The standard InChI is InChI=1S/C19H34N6S.HI/c1-14(2)25-11-15-6-7-16(10-17(15)23-25)22-18(20-3)21-12-19(24(4)5)8-9-26-13-19;/h11,14,16H,6-10,12-13H2,1-5H3,(H2,20,21,22);1H. The second-order valence-electron chi connectivity index (χ2n) is 8.11. The summed E-state index contributed by atoms with van der Waals surface area (Å²) in [5, 5.41) is 12.0. The number of aryl methyl sites for hydroxylation is 1. The number of likely N-dealkylation sites (N-methyl/N-ethyl adjacent to an activating group) is 1. The molecule has 2 unspecified atom stereocenters. The van der Waals surface area contributed by atoms with E-state index in [1.807, 2.05) is 18.8 Å². The van der Waals surface area contributed by atoms with E-state index in [1.165, 1.54) is 29.2 Å². The van der Waals surface area contributed by atoms with E-state index in [0.29, 0.717) is 12.1 Å². The molecule has 1 fully saturated rings. The first kappa shape index (κ1) is 22.8. The summed E-state index contributed by atoms with van der Waals surface area (Å²) >= 11 is 2.05. The number of guanidine groups is 1. The molecule has 6 nitrogen and oxygen atoms in total. The van der Waals surface area contributed by atoms with E-state index >= 15 is 0 Å². The number of aliphatic imine (C=N–C) groups is 1. The van der Waals surface area contributed by atoms with Gasteiger partial charge in [0.25, 0.3) is 0 Å². The first-order valence-electron chi connectivity index (χ1n) is 9.73. The van der Waals surface area contributed by atoms with Gasteiger partial charge in [-0.2, -0.15) is 16.9 Å². The lowest BCUT2D eigenvalue weighted by Crippen LogP contribution is -2.56. The quantitative estimate of drug-likeness (QED) is 0.365. The Kier molecular flexibility index (Phi) is 8.30. The number of thioether (sulfide) groups is 1. The molecule has 3 rings (SSSR count). The third-order valence-corrected chi connectivity index (χ3v) is 7.04. The molecule has 0 aromatic carbocycles. The van der Waals surface area contributed by atoms with Gasteiger partial charge in [-0.25, -0.2) is 0 Å². The Bertz CT molecular complexity index is 636. The maximum absolute atomic E-state index is 4.78. The molecular formula is C19H35IN6S. The van der Waals surface area contributed by atoms with Crippen LogP contribution in [0.4, 0.5) is 0 Å². The van der Waals surface area contributed by atoms with Gasteiger partial charge in [0.15, 0.2) is 5.96 Å². The lowest BCUT2D eigenvalue weighted by molar-refractivity contribution is 0.183. The van der Waals surface area contributed by atoms with E-state index in [-0.39, 0.29) is 29.5 Å². The minimum Gasteiger partial charge on any atom is -0.355 e. The lowest BCUT2D eigenvalue weighted by atomic mass is 9.94. The van der Waals surface area contributed by atoms with Crippen molar-refractivity contribution < 1.29 is 0 Å². The Labute approximate surface area is 185 Å². The zero-order chi connectivity index (χ0) is 18.7. The van der Waals surface area contributed by atoms with Gasteiger partial charge < -0.3 is 15.5 Å². The summed E-state index contributed by atoms with van der Waals surface area (Å²) in [6, 6.07) is 0.824. The van der Waals surface area contributed by atoms with Crippen LogP contribution in [-0.2, 0) is 12.8 Å². The number of hydrogen-bond acceptors (Lipinski definition) is 4. The van der Waals surface area contributed by atoms with Gasteiger partial charge in [-0.05, 0) is 58.5 Å². The largest absolute Gasteiger partial charge is 0.355 e. The highest BCUT2D eigenvalue weighted by molar-refractivity contribution is 14.0. The van der Waals surface area contributed by atoms with Crippen molar-refractivity contribution in [1.29, 1.82) is 0 Å². The summed E-state index contributed by atoms with van der Waals surface area (Å²) in [5.41, 5.74) is 2.89. The minimum absolute atomic E-state index is 0. The van der Waals surface area contributed by atoms with Gasteiger partial charge in [-0.3, -0.25) is 9.67 Å². The van der Waals surface area contributed by atoms with Gasteiger partial charge in [0.1, 0.15) is 0 Å². The topological polar surface area (TPSA) is 57.5 Å². The molecule has 2 atom stereocenters. The molecule has 27 heavy (non-hydrogen) atoms. The zero-order valence-electron chi connectivity index (χ0n) is 17.3. The second-order valence-corrected chi connectivity index (χ2v) is 9.21. The molecule has 1 aliphatic heterocycles. The van der Waals surface area contributed by atoms with E-state index in [1.54, 1.807) is 0 Å². The minimum atomic E-state index is 0. The first-order valence-corrected chi connectivity index (χ1v) is 10.9. The van der Waals surface area contributed by atoms with Crippen LogP contribution in [0.5, 0.6) is 0 Å². The Balaban J connectivity index is 0.00000261. The summed E-state index contributed by atoms with van der Waals surface area (Å²) in [6.07, 6.45) is 6.65. The number of hydrogen-bond donors (Lipinski definition) is 2. The molecule has 0 bridgehead atoms.